The third-order valence-electron chi connectivity index (χ3n) is 4.37. The molecule has 3 aromatic rings. The van der Waals surface area contributed by atoms with Crippen LogP contribution in [0.25, 0.3) is 0 Å². The number of aryl methyl sites for hydroxylation is 3. The first kappa shape index (κ1) is 22.6. The van der Waals surface area contributed by atoms with Crippen LogP contribution in [0.15, 0.2) is 72.8 Å². The van der Waals surface area contributed by atoms with Crippen molar-refractivity contribution in [2.45, 2.75) is 20.8 Å². The van der Waals surface area contributed by atoms with Gasteiger partial charge in [0.2, 0.25) is 0 Å². The summed E-state index contributed by atoms with van der Waals surface area (Å²) in [6.07, 6.45) is 0. The van der Waals surface area contributed by atoms with Crippen molar-refractivity contribution in [3.8, 4) is 0 Å². The summed E-state index contributed by atoms with van der Waals surface area (Å²) in [5, 5.41) is 0. The molecule has 0 saturated heterocycles. The molecular formula is C24H21InO6. The van der Waals surface area contributed by atoms with Crippen molar-refractivity contribution < 1.29 is 22.9 Å². The summed E-state index contributed by atoms with van der Waals surface area (Å²) < 4.78 is 16.3. The van der Waals surface area contributed by atoms with Crippen LogP contribution >= 0.6 is 0 Å². The summed E-state index contributed by atoms with van der Waals surface area (Å²) >= 11 is -4.36. The molecule has 0 radical (unpaired) electrons. The van der Waals surface area contributed by atoms with Crippen LogP contribution in [0.5, 0.6) is 0 Å². The summed E-state index contributed by atoms with van der Waals surface area (Å²) in [7, 11) is 0. The van der Waals surface area contributed by atoms with Crippen molar-refractivity contribution in [3.63, 3.8) is 0 Å². The molecular weight excluding hydrogens is 499 g/mol. The van der Waals surface area contributed by atoms with Crippen molar-refractivity contribution >= 4 is 40.7 Å². The Labute approximate surface area is 190 Å². The molecule has 156 valence electrons. The molecule has 3 aromatic carbocycles. The van der Waals surface area contributed by atoms with Crippen molar-refractivity contribution in [2.75, 3.05) is 0 Å². The molecule has 3 rings (SSSR count). The van der Waals surface area contributed by atoms with Crippen molar-refractivity contribution in [3.05, 3.63) is 106 Å². The van der Waals surface area contributed by atoms with Crippen LogP contribution in [0.3, 0.4) is 0 Å². The second-order valence-electron chi connectivity index (χ2n) is 7.11. The molecule has 0 heterocycles. The fraction of sp³-hybridized carbons (Fsp3) is 0.125. The summed E-state index contributed by atoms with van der Waals surface area (Å²) in [5.74, 6) is -2.09. The molecule has 0 amide bonds. The number of carbonyl (C=O) groups is 3. The minimum atomic E-state index is -4.36. The average molecular weight is 520 g/mol. The third kappa shape index (κ3) is 6.46. The van der Waals surface area contributed by atoms with E-state index in [-0.39, 0.29) is 0 Å². The molecule has 0 aliphatic carbocycles. The minimum absolute atomic E-state index is 0.292. The molecule has 0 aliphatic heterocycles. The fourth-order valence-corrected chi connectivity index (χ4v) is 5.93. The van der Waals surface area contributed by atoms with E-state index in [1.807, 2.05) is 39.0 Å². The number of hydrogen-bond donors (Lipinski definition) is 0. The Morgan fingerprint density at radius 2 is 0.839 bits per heavy atom. The summed E-state index contributed by atoms with van der Waals surface area (Å²) in [6.45, 7) is 5.52. The summed E-state index contributed by atoms with van der Waals surface area (Å²) in [5.41, 5.74) is 3.49. The van der Waals surface area contributed by atoms with E-state index in [0.717, 1.165) is 16.7 Å². The van der Waals surface area contributed by atoms with E-state index in [1.165, 1.54) is 0 Å². The summed E-state index contributed by atoms with van der Waals surface area (Å²) in [4.78, 5) is 37.8. The molecule has 0 aromatic heterocycles. The first-order chi connectivity index (χ1) is 14.8. The maximum atomic E-state index is 12.6. The Morgan fingerprint density at radius 1 is 0.548 bits per heavy atom. The van der Waals surface area contributed by atoms with E-state index in [1.54, 1.807) is 54.6 Å². The van der Waals surface area contributed by atoms with E-state index in [2.05, 4.69) is 0 Å². The monoisotopic (exact) mass is 520 g/mol. The molecule has 0 aliphatic rings. The van der Waals surface area contributed by atoms with Crippen molar-refractivity contribution in [2.24, 2.45) is 0 Å². The first-order valence-corrected chi connectivity index (χ1v) is 13.7. The van der Waals surface area contributed by atoms with Gasteiger partial charge in [-0.1, -0.05) is 0 Å². The Hall–Kier alpha value is -3.06. The zero-order valence-electron chi connectivity index (χ0n) is 17.5. The van der Waals surface area contributed by atoms with E-state index < -0.39 is 40.7 Å². The van der Waals surface area contributed by atoms with Crippen LogP contribution in [0, 0.1) is 20.8 Å². The normalized spacial score (nSPS) is 10.2. The predicted octanol–water partition coefficient (Wildman–Crippen LogP) is 4.47. The molecule has 0 N–H and O–H groups in total. The van der Waals surface area contributed by atoms with Crippen molar-refractivity contribution in [1.29, 1.82) is 0 Å². The molecule has 0 atom stereocenters. The number of carbonyl (C=O) groups excluding carboxylic acids is 3. The quantitative estimate of drug-likeness (QED) is 0.478. The number of benzene rings is 3. The van der Waals surface area contributed by atoms with Crippen LogP contribution in [-0.2, 0) is 8.56 Å². The molecule has 7 heteroatoms. The zero-order chi connectivity index (χ0) is 22.4. The molecule has 0 bridgehead atoms. The molecule has 6 nitrogen and oxygen atoms in total. The van der Waals surface area contributed by atoms with Gasteiger partial charge in [0.25, 0.3) is 0 Å². The zero-order valence-corrected chi connectivity index (χ0v) is 20.8. The fourth-order valence-electron chi connectivity index (χ4n) is 2.85. The average Bonchev–Trinajstić information content (AvgIpc) is 2.73. The second kappa shape index (κ2) is 10.3. The van der Waals surface area contributed by atoms with Gasteiger partial charge in [-0.15, -0.1) is 0 Å². The van der Waals surface area contributed by atoms with Gasteiger partial charge in [0, 0.05) is 0 Å². The Balaban J connectivity index is 1.81. The number of hydrogen-bond acceptors (Lipinski definition) is 6. The van der Waals surface area contributed by atoms with Gasteiger partial charge in [0.05, 0.1) is 0 Å². The van der Waals surface area contributed by atoms with Gasteiger partial charge < -0.3 is 0 Å². The van der Waals surface area contributed by atoms with Gasteiger partial charge in [-0.2, -0.15) is 0 Å². The van der Waals surface area contributed by atoms with Gasteiger partial charge in [-0.05, 0) is 0 Å². The number of rotatable bonds is 6. The van der Waals surface area contributed by atoms with Gasteiger partial charge in [-0.3, -0.25) is 0 Å². The van der Waals surface area contributed by atoms with Gasteiger partial charge in [0.1, 0.15) is 0 Å². The molecule has 0 fully saturated rings. The van der Waals surface area contributed by atoms with E-state index in [0.29, 0.717) is 16.7 Å². The Bertz CT molecular complexity index is 983. The molecule has 0 spiro atoms. The summed E-state index contributed by atoms with van der Waals surface area (Å²) in [6, 6.07) is 20.4. The molecule has 0 saturated carbocycles. The van der Waals surface area contributed by atoms with Crippen LogP contribution in [0.2, 0.25) is 0 Å². The van der Waals surface area contributed by atoms with Gasteiger partial charge in [-0.25, -0.2) is 0 Å². The van der Waals surface area contributed by atoms with Crippen LogP contribution in [0.4, 0.5) is 0 Å². The topological polar surface area (TPSA) is 78.9 Å². The molecule has 31 heavy (non-hydrogen) atoms. The first-order valence-electron chi connectivity index (χ1n) is 9.65. The van der Waals surface area contributed by atoms with Crippen LogP contribution < -0.4 is 0 Å². The Morgan fingerprint density at radius 3 is 1.10 bits per heavy atom. The standard InChI is InChI=1S/3C8H8O2.In/c3*1-6-3-2-4-7(5-6)8(9)10;/h3*2-5H,1H3,(H,9,10);/q;;;+3/p-3. The van der Waals surface area contributed by atoms with Gasteiger partial charge in [0.15, 0.2) is 0 Å². The van der Waals surface area contributed by atoms with Gasteiger partial charge >= 0.3 is 191 Å². The molecule has 0 unspecified atom stereocenters. The SMILES string of the molecule is Cc1cccc(C(=O)[O][In]([O]C(=O)c2cccc(C)c2)[O]C(=O)c2cccc(C)c2)c1. The van der Waals surface area contributed by atoms with Crippen LogP contribution in [0.1, 0.15) is 47.8 Å². The third-order valence-corrected chi connectivity index (χ3v) is 7.85. The van der Waals surface area contributed by atoms with E-state index in [4.69, 9.17) is 8.56 Å². The maximum absolute atomic E-state index is 12.6. The van der Waals surface area contributed by atoms with E-state index >= 15 is 0 Å². The Kier molecular flexibility index (Phi) is 7.52. The second-order valence-corrected chi connectivity index (χ2v) is 10.8. The van der Waals surface area contributed by atoms with Crippen molar-refractivity contribution in [1.82, 2.24) is 0 Å². The predicted molar refractivity (Wildman–Crippen MR) is 116 cm³/mol. The van der Waals surface area contributed by atoms with E-state index in [9.17, 15) is 14.4 Å². The van der Waals surface area contributed by atoms with Crippen LogP contribution in [-0.4, -0.2) is 40.7 Å².